The van der Waals surface area contributed by atoms with Gasteiger partial charge in [0, 0.05) is 6.42 Å². The predicted octanol–water partition coefficient (Wildman–Crippen LogP) is 4.18. The second kappa shape index (κ2) is 9.07. The van der Waals surface area contributed by atoms with Crippen molar-refractivity contribution in [2.75, 3.05) is 24.9 Å². The Morgan fingerprint density at radius 2 is 1.68 bits per heavy atom. The fraction of sp³-hybridized carbons (Fsp3) is 0.348. The minimum Gasteiger partial charge on any atom is -0.497 e. The van der Waals surface area contributed by atoms with Crippen molar-refractivity contribution in [3.05, 3.63) is 59.7 Å². The van der Waals surface area contributed by atoms with Crippen molar-refractivity contribution in [3.63, 3.8) is 0 Å². The first-order chi connectivity index (χ1) is 15.1. The van der Waals surface area contributed by atoms with Gasteiger partial charge in [0.2, 0.25) is 11.9 Å². The third kappa shape index (κ3) is 4.47. The van der Waals surface area contributed by atoms with E-state index in [-0.39, 0.29) is 18.0 Å². The molecule has 0 fully saturated rings. The lowest BCUT2D eigenvalue weighted by Crippen LogP contribution is -2.28. The van der Waals surface area contributed by atoms with E-state index in [1.165, 1.54) is 0 Å². The van der Waals surface area contributed by atoms with Crippen molar-refractivity contribution >= 4 is 17.8 Å². The highest BCUT2D eigenvalue weighted by atomic mass is 16.5. The maximum Gasteiger partial charge on any atom is 0.250 e. The molecule has 3 aromatic rings. The Labute approximate surface area is 181 Å². The van der Waals surface area contributed by atoms with Gasteiger partial charge in [-0.2, -0.15) is 4.98 Å². The molecule has 0 saturated heterocycles. The van der Waals surface area contributed by atoms with Crippen LogP contribution < -0.4 is 20.1 Å². The molecule has 0 aliphatic carbocycles. The largest absolute Gasteiger partial charge is 0.497 e. The summed E-state index contributed by atoms with van der Waals surface area (Å²) in [6.45, 7) is 1.96. The number of methoxy groups -OCH3 is 2. The van der Waals surface area contributed by atoms with Crippen LogP contribution in [0.3, 0.4) is 0 Å². The monoisotopic (exact) mass is 421 g/mol. The van der Waals surface area contributed by atoms with Crippen molar-refractivity contribution in [1.82, 2.24) is 14.8 Å². The van der Waals surface area contributed by atoms with Crippen LogP contribution in [0.2, 0.25) is 0 Å². The van der Waals surface area contributed by atoms with Crippen LogP contribution in [0.5, 0.6) is 11.5 Å². The van der Waals surface area contributed by atoms with Crippen LogP contribution in [0.4, 0.5) is 11.9 Å². The summed E-state index contributed by atoms with van der Waals surface area (Å²) in [5.74, 6) is 2.47. The third-order valence-corrected chi connectivity index (χ3v) is 5.44. The smallest absolute Gasteiger partial charge is 0.250 e. The second-order valence-corrected chi connectivity index (χ2v) is 7.50. The fourth-order valence-corrected chi connectivity index (χ4v) is 3.80. The number of carbonyl (C=O) groups is 1. The van der Waals surface area contributed by atoms with Crippen molar-refractivity contribution in [1.29, 1.82) is 0 Å². The van der Waals surface area contributed by atoms with Gasteiger partial charge in [-0.3, -0.25) is 10.1 Å². The SMILES string of the molecule is CCCC(=O)Nc1nc2n(n1)[C@H](c1ccc(OC)cc1)C[C@H](c1ccc(OC)cc1)N2. The van der Waals surface area contributed by atoms with Gasteiger partial charge in [-0.05, 0) is 48.2 Å². The maximum atomic E-state index is 12.0. The van der Waals surface area contributed by atoms with E-state index in [4.69, 9.17) is 9.47 Å². The van der Waals surface area contributed by atoms with Gasteiger partial charge < -0.3 is 14.8 Å². The minimum absolute atomic E-state index is 0.0360. The summed E-state index contributed by atoms with van der Waals surface area (Å²) in [4.78, 5) is 16.6. The van der Waals surface area contributed by atoms with E-state index in [9.17, 15) is 4.79 Å². The fourth-order valence-electron chi connectivity index (χ4n) is 3.80. The van der Waals surface area contributed by atoms with E-state index in [1.54, 1.807) is 14.2 Å². The van der Waals surface area contributed by atoms with E-state index >= 15 is 0 Å². The number of fused-ring (bicyclic) bond motifs is 1. The van der Waals surface area contributed by atoms with E-state index in [0.29, 0.717) is 18.3 Å². The van der Waals surface area contributed by atoms with Crippen molar-refractivity contribution in [2.24, 2.45) is 0 Å². The van der Waals surface area contributed by atoms with Gasteiger partial charge in [0.15, 0.2) is 0 Å². The topological polar surface area (TPSA) is 90.3 Å². The van der Waals surface area contributed by atoms with Crippen molar-refractivity contribution < 1.29 is 14.3 Å². The molecule has 8 nitrogen and oxygen atoms in total. The average Bonchev–Trinajstić information content (AvgIpc) is 3.21. The molecule has 0 bridgehead atoms. The Morgan fingerprint density at radius 1 is 1.06 bits per heavy atom. The molecule has 31 heavy (non-hydrogen) atoms. The van der Waals surface area contributed by atoms with Crippen LogP contribution in [0, 0.1) is 0 Å². The molecule has 1 amide bonds. The normalized spacial score (nSPS) is 17.4. The molecule has 162 valence electrons. The number of rotatable bonds is 7. The molecule has 1 aromatic heterocycles. The summed E-state index contributed by atoms with van der Waals surface area (Å²) >= 11 is 0. The van der Waals surface area contributed by atoms with Crippen LogP contribution in [-0.2, 0) is 4.79 Å². The van der Waals surface area contributed by atoms with E-state index < -0.39 is 0 Å². The van der Waals surface area contributed by atoms with Crippen LogP contribution >= 0.6 is 0 Å². The molecule has 0 unspecified atom stereocenters. The first-order valence-electron chi connectivity index (χ1n) is 10.4. The Balaban J connectivity index is 1.67. The van der Waals surface area contributed by atoms with Gasteiger partial charge in [-0.15, -0.1) is 5.10 Å². The average molecular weight is 422 g/mol. The molecule has 2 N–H and O–H groups in total. The van der Waals surface area contributed by atoms with Crippen LogP contribution in [0.15, 0.2) is 48.5 Å². The predicted molar refractivity (Wildman–Crippen MR) is 119 cm³/mol. The number of nitrogens with one attached hydrogen (secondary N) is 2. The lowest BCUT2D eigenvalue weighted by atomic mass is 9.93. The number of hydrogen-bond acceptors (Lipinski definition) is 6. The molecule has 2 aromatic carbocycles. The standard InChI is InChI=1S/C23H27N5O3/c1-4-5-21(29)25-22-26-23-24-19(15-6-10-17(30-2)11-7-15)14-20(28(23)27-22)16-8-12-18(31-3)13-9-16/h6-13,19-20H,4-5,14H2,1-3H3,(H2,24,25,26,27,29)/t19-,20+/m1/s1. The Morgan fingerprint density at radius 3 is 2.26 bits per heavy atom. The first-order valence-corrected chi connectivity index (χ1v) is 10.4. The van der Waals surface area contributed by atoms with Crippen LogP contribution in [0.1, 0.15) is 49.4 Å². The molecular formula is C23H27N5O3. The van der Waals surface area contributed by atoms with Gasteiger partial charge in [-0.1, -0.05) is 31.2 Å². The molecular weight excluding hydrogens is 394 g/mol. The maximum absolute atomic E-state index is 12.0. The van der Waals surface area contributed by atoms with Gasteiger partial charge in [0.05, 0.1) is 26.3 Å². The summed E-state index contributed by atoms with van der Waals surface area (Å²) in [6.07, 6.45) is 1.98. The number of benzene rings is 2. The van der Waals surface area contributed by atoms with Gasteiger partial charge >= 0.3 is 0 Å². The van der Waals surface area contributed by atoms with Crippen molar-refractivity contribution in [3.8, 4) is 11.5 Å². The van der Waals surface area contributed by atoms with E-state index in [2.05, 4.69) is 32.8 Å². The molecule has 0 radical (unpaired) electrons. The Bertz CT molecular complexity index is 1030. The quantitative estimate of drug-likeness (QED) is 0.595. The number of aromatic nitrogens is 3. The highest BCUT2D eigenvalue weighted by Gasteiger charge is 2.31. The molecule has 1 aliphatic heterocycles. The number of hydrogen-bond donors (Lipinski definition) is 2. The lowest BCUT2D eigenvalue weighted by molar-refractivity contribution is -0.116. The molecule has 0 spiro atoms. The van der Waals surface area contributed by atoms with Gasteiger partial charge in [0.25, 0.3) is 5.95 Å². The molecule has 4 rings (SSSR count). The summed E-state index contributed by atoms with van der Waals surface area (Å²) in [5, 5.41) is 10.9. The molecule has 1 aliphatic rings. The van der Waals surface area contributed by atoms with Crippen LogP contribution in [-0.4, -0.2) is 34.9 Å². The zero-order valence-electron chi connectivity index (χ0n) is 18.0. The molecule has 0 saturated carbocycles. The van der Waals surface area contributed by atoms with Crippen LogP contribution in [0.25, 0.3) is 0 Å². The number of amides is 1. The number of anilines is 2. The molecule has 8 heteroatoms. The molecule has 2 heterocycles. The van der Waals surface area contributed by atoms with Gasteiger partial charge in [-0.25, -0.2) is 4.68 Å². The zero-order chi connectivity index (χ0) is 21.8. The zero-order valence-corrected chi connectivity index (χ0v) is 18.0. The summed E-state index contributed by atoms with van der Waals surface area (Å²) in [6, 6.07) is 16.0. The highest BCUT2D eigenvalue weighted by molar-refractivity contribution is 5.88. The number of nitrogens with zero attached hydrogens (tertiary/aromatic N) is 3. The summed E-state index contributed by atoms with van der Waals surface area (Å²) < 4.78 is 12.4. The van der Waals surface area contributed by atoms with E-state index in [0.717, 1.165) is 35.5 Å². The number of carbonyl (C=O) groups excluding carboxylic acids is 1. The highest BCUT2D eigenvalue weighted by Crippen LogP contribution is 2.39. The number of ether oxygens (including phenoxy) is 2. The lowest BCUT2D eigenvalue weighted by Gasteiger charge is -2.31. The second-order valence-electron chi connectivity index (χ2n) is 7.50. The summed E-state index contributed by atoms with van der Waals surface area (Å²) in [7, 11) is 3.31. The Hall–Kier alpha value is -3.55. The first kappa shape index (κ1) is 20.7. The van der Waals surface area contributed by atoms with Gasteiger partial charge in [0.1, 0.15) is 11.5 Å². The Kier molecular flexibility index (Phi) is 6.06. The minimum atomic E-state index is -0.0850. The molecule has 2 atom stereocenters. The van der Waals surface area contributed by atoms with Crippen molar-refractivity contribution in [2.45, 2.75) is 38.3 Å². The summed E-state index contributed by atoms with van der Waals surface area (Å²) in [5.41, 5.74) is 2.23. The third-order valence-electron chi connectivity index (χ3n) is 5.44. The van der Waals surface area contributed by atoms with E-state index in [1.807, 2.05) is 48.0 Å².